The molecule has 10 heteroatoms. The van der Waals surface area contributed by atoms with Crippen LogP contribution in [0.3, 0.4) is 0 Å². The van der Waals surface area contributed by atoms with Crippen molar-refractivity contribution in [2.45, 2.75) is 44.3 Å². The molecule has 3 atom stereocenters. The molecule has 0 fully saturated rings. The quantitative estimate of drug-likeness (QED) is 0.223. The predicted octanol–water partition coefficient (Wildman–Crippen LogP) is -1.53. The zero-order chi connectivity index (χ0) is 20.6. The van der Waals surface area contributed by atoms with Gasteiger partial charge in [0.15, 0.2) is 0 Å². The lowest BCUT2D eigenvalue weighted by molar-refractivity contribution is -0.161. The van der Waals surface area contributed by atoms with Gasteiger partial charge in [-0.15, -0.1) is 0 Å². The van der Waals surface area contributed by atoms with Gasteiger partial charge in [0, 0.05) is 6.42 Å². The summed E-state index contributed by atoms with van der Waals surface area (Å²) < 4.78 is 9.64. The molecule has 0 spiro atoms. The van der Waals surface area contributed by atoms with Crippen LogP contribution in [0.2, 0.25) is 0 Å². The molecule has 8 N–H and O–H groups in total. The molecule has 0 aromatic heterocycles. The number of amides is 1. The highest BCUT2D eigenvalue weighted by molar-refractivity contribution is 5.90. The monoisotopic (exact) mass is 380 g/mol. The van der Waals surface area contributed by atoms with Gasteiger partial charge in [0.25, 0.3) is 0 Å². The molecule has 27 heavy (non-hydrogen) atoms. The average molecular weight is 380 g/mol. The van der Waals surface area contributed by atoms with Gasteiger partial charge in [0.05, 0.1) is 0 Å². The fraction of sp³-hybridized carbons (Fsp3) is 0.412. The minimum atomic E-state index is -1.05. The van der Waals surface area contributed by atoms with E-state index in [0.717, 1.165) is 0 Å². The van der Waals surface area contributed by atoms with Crippen molar-refractivity contribution >= 4 is 23.8 Å². The summed E-state index contributed by atoms with van der Waals surface area (Å²) in [6.45, 7) is 1.39. The lowest BCUT2D eigenvalue weighted by Gasteiger charge is -2.13. The Balaban J connectivity index is 2.55. The predicted molar refractivity (Wildman–Crippen MR) is 94.9 cm³/mol. The maximum absolute atomic E-state index is 11.8. The second-order valence-electron chi connectivity index (χ2n) is 6.02. The molecule has 0 unspecified atom stereocenters. The van der Waals surface area contributed by atoms with E-state index in [1.807, 2.05) is 0 Å². The molecule has 0 radical (unpaired) electrons. The van der Waals surface area contributed by atoms with E-state index in [9.17, 15) is 19.2 Å². The summed E-state index contributed by atoms with van der Waals surface area (Å²) in [6.07, 6.45) is 0.176. The van der Waals surface area contributed by atoms with Gasteiger partial charge >= 0.3 is 17.9 Å². The molecule has 0 saturated heterocycles. The summed E-state index contributed by atoms with van der Waals surface area (Å²) in [5.74, 6) is -2.75. The van der Waals surface area contributed by atoms with Crippen molar-refractivity contribution in [3.8, 4) is 5.75 Å². The Morgan fingerprint density at radius 2 is 1.52 bits per heavy atom. The number of ether oxygens (including phenoxy) is 2. The van der Waals surface area contributed by atoms with Gasteiger partial charge < -0.3 is 32.4 Å². The maximum atomic E-state index is 11.8. The Morgan fingerprint density at radius 3 is 2.04 bits per heavy atom. The van der Waals surface area contributed by atoms with Gasteiger partial charge in [-0.3, -0.25) is 4.79 Å². The second-order valence-corrected chi connectivity index (χ2v) is 6.02. The van der Waals surface area contributed by atoms with Crippen LogP contribution in [0.25, 0.3) is 0 Å². The first kappa shape index (κ1) is 22.2. The number of rotatable bonds is 9. The van der Waals surface area contributed by atoms with Crippen molar-refractivity contribution in [2.24, 2.45) is 22.9 Å². The summed E-state index contributed by atoms with van der Waals surface area (Å²) in [4.78, 5) is 45.5. The normalized spacial score (nSPS) is 13.9. The molecule has 0 saturated carbocycles. The van der Waals surface area contributed by atoms with Crippen LogP contribution in [0.5, 0.6) is 5.75 Å². The van der Waals surface area contributed by atoms with Crippen LogP contribution in [-0.2, 0) is 30.3 Å². The highest BCUT2D eigenvalue weighted by Crippen LogP contribution is 2.14. The van der Waals surface area contributed by atoms with Gasteiger partial charge in [-0.2, -0.15) is 0 Å². The summed E-state index contributed by atoms with van der Waals surface area (Å²) in [5, 5.41) is 0. The second kappa shape index (κ2) is 10.4. The first-order chi connectivity index (χ1) is 12.6. The van der Waals surface area contributed by atoms with E-state index in [2.05, 4.69) is 4.74 Å². The van der Waals surface area contributed by atoms with Crippen LogP contribution in [0.4, 0.5) is 0 Å². The van der Waals surface area contributed by atoms with Crippen molar-refractivity contribution in [2.75, 3.05) is 0 Å². The number of carbonyl (C=O) groups excluding carboxylic acids is 4. The van der Waals surface area contributed by atoms with E-state index in [0.29, 0.717) is 5.56 Å². The largest absolute Gasteiger partial charge is 0.425 e. The third kappa shape index (κ3) is 7.94. The van der Waals surface area contributed by atoms with Gasteiger partial charge in [-0.25, -0.2) is 14.4 Å². The van der Waals surface area contributed by atoms with Crippen molar-refractivity contribution in [1.29, 1.82) is 0 Å². The van der Waals surface area contributed by atoms with Crippen molar-refractivity contribution in [3.05, 3.63) is 29.8 Å². The van der Waals surface area contributed by atoms with Crippen LogP contribution in [0, 0.1) is 0 Å². The van der Waals surface area contributed by atoms with Crippen molar-refractivity contribution in [1.82, 2.24) is 0 Å². The molecule has 1 amide bonds. The van der Waals surface area contributed by atoms with E-state index in [-0.39, 0.29) is 25.0 Å². The molecule has 0 heterocycles. The fourth-order valence-electron chi connectivity index (χ4n) is 1.91. The Kier molecular flexibility index (Phi) is 8.52. The summed E-state index contributed by atoms with van der Waals surface area (Å²) in [5.41, 5.74) is 22.3. The highest BCUT2D eigenvalue weighted by atomic mass is 16.6. The molecule has 148 valence electrons. The zero-order valence-electron chi connectivity index (χ0n) is 14.9. The first-order valence-corrected chi connectivity index (χ1v) is 8.21. The standard InChI is InChI=1S/C17H24N4O6/c1-9(18)15(23)27-17(25)13(20)8-10-2-4-11(5-3-10)26-16(24)12(19)6-7-14(21)22/h2-5,9,12-13H,6-8,18-20H2,1H3,(H2,21,22)/t9-,12-,13-/m0/s1. The van der Waals surface area contributed by atoms with Crippen LogP contribution >= 0.6 is 0 Å². The van der Waals surface area contributed by atoms with Gasteiger partial charge in [0.2, 0.25) is 5.91 Å². The number of esters is 3. The molecule has 0 aliphatic carbocycles. The Labute approximate surface area is 156 Å². The van der Waals surface area contributed by atoms with Gasteiger partial charge in [-0.1, -0.05) is 12.1 Å². The first-order valence-electron chi connectivity index (χ1n) is 8.21. The maximum Gasteiger partial charge on any atom is 0.330 e. The minimum absolute atomic E-state index is 0.0192. The Morgan fingerprint density at radius 1 is 0.926 bits per heavy atom. The molecular weight excluding hydrogens is 356 g/mol. The lowest BCUT2D eigenvalue weighted by atomic mass is 10.1. The summed E-state index contributed by atoms with van der Waals surface area (Å²) >= 11 is 0. The topological polar surface area (TPSA) is 191 Å². The minimum Gasteiger partial charge on any atom is -0.425 e. The Hall–Kier alpha value is -2.82. The molecule has 0 aliphatic heterocycles. The van der Waals surface area contributed by atoms with Gasteiger partial charge in [-0.05, 0) is 37.5 Å². The molecule has 1 rings (SSSR count). The van der Waals surface area contributed by atoms with E-state index in [1.54, 1.807) is 12.1 Å². The third-order valence-electron chi connectivity index (χ3n) is 3.48. The van der Waals surface area contributed by atoms with E-state index >= 15 is 0 Å². The van der Waals surface area contributed by atoms with E-state index in [1.165, 1.54) is 19.1 Å². The van der Waals surface area contributed by atoms with E-state index < -0.39 is 41.9 Å². The van der Waals surface area contributed by atoms with E-state index in [4.69, 9.17) is 27.7 Å². The molecule has 0 bridgehead atoms. The Bertz CT molecular complexity index is 689. The smallest absolute Gasteiger partial charge is 0.330 e. The zero-order valence-corrected chi connectivity index (χ0v) is 14.9. The van der Waals surface area contributed by atoms with Gasteiger partial charge in [0.1, 0.15) is 23.9 Å². The number of hydrogen-bond acceptors (Lipinski definition) is 9. The molecular formula is C17H24N4O6. The number of benzene rings is 1. The molecule has 1 aromatic rings. The van der Waals surface area contributed by atoms with Crippen LogP contribution < -0.4 is 27.7 Å². The van der Waals surface area contributed by atoms with Crippen LogP contribution in [0.15, 0.2) is 24.3 Å². The SMILES string of the molecule is C[C@H](N)C(=O)OC(=O)[C@@H](N)Cc1ccc(OC(=O)[C@@H](N)CCC(N)=O)cc1. The van der Waals surface area contributed by atoms with Crippen LogP contribution in [-0.4, -0.2) is 41.9 Å². The number of primary amides is 1. The van der Waals surface area contributed by atoms with Crippen molar-refractivity contribution < 1.29 is 28.7 Å². The summed E-state index contributed by atoms with van der Waals surface area (Å²) in [7, 11) is 0. The average Bonchev–Trinajstić information content (AvgIpc) is 2.60. The van der Waals surface area contributed by atoms with Crippen molar-refractivity contribution in [3.63, 3.8) is 0 Å². The number of hydrogen-bond donors (Lipinski definition) is 4. The summed E-state index contributed by atoms with van der Waals surface area (Å²) in [6, 6.07) is 3.24. The molecule has 1 aromatic carbocycles. The lowest BCUT2D eigenvalue weighted by Crippen LogP contribution is -2.39. The van der Waals surface area contributed by atoms with Crippen LogP contribution in [0.1, 0.15) is 25.3 Å². The third-order valence-corrected chi connectivity index (χ3v) is 3.48. The number of nitrogens with two attached hydrogens (primary N) is 4. The highest BCUT2D eigenvalue weighted by Gasteiger charge is 2.21. The molecule has 10 nitrogen and oxygen atoms in total. The fourth-order valence-corrected chi connectivity index (χ4v) is 1.91. The molecule has 0 aliphatic rings. The number of carbonyl (C=O) groups is 4.